The van der Waals surface area contributed by atoms with E-state index in [1.165, 1.54) is 57.8 Å². The van der Waals surface area contributed by atoms with Gasteiger partial charge in [0.1, 0.15) is 6.33 Å². The lowest BCUT2D eigenvalue weighted by Crippen LogP contribution is -1.97. The topological polar surface area (TPSA) is 30.7 Å². The maximum absolute atomic E-state index is 4.23. The molecule has 0 N–H and O–H groups in total. The van der Waals surface area contributed by atoms with Crippen LogP contribution in [0.2, 0.25) is 0 Å². The molecule has 1 rings (SSSR count). The zero-order valence-electron chi connectivity index (χ0n) is 10.9. The first-order valence-corrected chi connectivity index (χ1v) is 7.36. The number of hydrogen-bond acceptors (Lipinski definition) is 3. The molecule has 0 saturated heterocycles. The maximum atomic E-state index is 4.23. The Hall–Kier alpha value is -0.510. The number of nitrogens with zero attached hydrogens (tertiary/aromatic N) is 3. The van der Waals surface area contributed by atoms with Crippen molar-refractivity contribution in [3.05, 3.63) is 6.33 Å². The van der Waals surface area contributed by atoms with Crippen LogP contribution < -0.4 is 0 Å². The fourth-order valence-electron chi connectivity index (χ4n) is 2.00. The third-order valence-electron chi connectivity index (χ3n) is 3.10. The van der Waals surface area contributed by atoms with Crippen LogP contribution in [-0.2, 0) is 6.54 Å². The molecule has 0 saturated carbocycles. The van der Waals surface area contributed by atoms with Gasteiger partial charge in [0.2, 0.25) is 0 Å². The third-order valence-corrected chi connectivity index (χ3v) is 3.44. The molecule has 4 heteroatoms. The van der Waals surface area contributed by atoms with Gasteiger partial charge in [-0.2, -0.15) is 0 Å². The molecule has 0 atom stereocenters. The smallest absolute Gasteiger partial charge is 0.187 e. The maximum Gasteiger partial charge on any atom is 0.187 e. The van der Waals surface area contributed by atoms with E-state index in [0.717, 1.165) is 11.7 Å². The Labute approximate surface area is 110 Å². The quantitative estimate of drug-likeness (QED) is 0.504. The van der Waals surface area contributed by atoms with Crippen molar-refractivity contribution in [2.75, 3.05) is 0 Å². The van der Waals surface area contributed by atoms with E-state index in [2.05, 4.69) is 29.7 Å². The molecule has 0 unspecified atom stereocenters. The number of aryl methyl sites for hydroxylation is 1. The number of rotatable bonds is 10. The number of thiol groups is 1. The Kier molecular flexibility index (Phi) is 8.14. The summed E-state index contributed by atoms with van der Waals surface area (Å²) >= 11 is 4.23. The van der Waals surface area contributed by atoms with Gasteiger partial charge in [-0.1, -0.05) is 58.3 Å². The van der Waals surface area contributed by atoms with Crippen molar-refractivity contribution in [3.8, 4) is 0 Å². The van der Waals surface area contributed by atoms with Crippen molar-refractivity contribution in [1.29, 1.82) is 0 Å². The molecule has 0 aliphatic heterocycles. The zero-order chi connectivity index (χ0) is 12.3. The largest absolute Gasteiger partial charge is 0.309 e. The van der Waals surface area contributed by atoms with Crippen LogP contribution in [0.4, 0.5) is 0 Å². The number of unbranched alkanes of at least 4 members (excludes halogenated alkanes) is 8. The van der Waals surface area contributed by atoms with Gasteiger partial charge in [-0.3, -0.25) is 0 Å². The molecule has 98 valence electrons. The lowest BCUT2D eigenvalue weighted by atomic mass is 10.1. The number of hydrogen-bond donors (Lipinski definition) is 1. The molecular weight excluding hydrogens is 230 g/mol. The van der Waals surface area contributed by atoms with Crippen LogP contribution in [0.5, 0.6) is 0 Å². The highest BCUT2D eigenvalue weighted by Gasteiger charge is 1.98. The average Bonchev–Trinajstić information content (AvgIpc) is 2.73. The van der Waals surface area contributed by atoms with E-state index in [9.17, 15) is 0 Å². The van der Waals surface area contributed by atoms with E-state index in [4.69, 9.17) is 0 Å². The van der Waals surface area contributed by atoms with Crippen LogP contribution in [0.25, 0.3) is 0 Å². The van der Waals surface area contributed by atoms with Gasteiger partial charge in [0.25, 0.3) is 0 Å². The van der Waals surface area contributed by atoms with Crippen LogP contribution >= 0.6 is 12.6 Å². The highest BCUT2D eigenvalue weighted by Crippen LogP contribution is 2.10. The molecule has 0 aliphatic carbocycles. The van der Waals surface area contributed by atoms with Gasteiger partial charge in [0, 0.05) is 6.54 Å². The summed E-state index contributed by atoms with van der Waals surface area (Å²) in [7, 11) is 0. The van der Waals surface area contributed by atoms with Crippen molar-refractivity contribution in [2.24, 2.45) is 0 Å². The van der Waals surface area contributed by atoms with Gasteiger partial charge in [-0.25, -0.2) is 0 Å². The van der Waals surface area contributed by atoms with E-state index in [-0.39, 0.29) is 0 Å². The van der Waals surface area contributed by atoms with E-state index in [1.54, 1.807) is 6.33 Å². The Morgan fingerprint density at radius 2 is 1.59 bits per heavy atom. The van der Waals surface area contributed by atoms with Crippen LogP contribution in [0.15, 0.2) is 11.5 Å². The summed E-state index contributed by atoms with van der Waals surface area (Å²) in [5.74, 6) is 0. The first-order valence-electron chi connectivity index (χ1n) is 6.91. The summed E-state index contributed by atoms with van der Waals surface area (Å²) in [5, 5.41) is 8.39. The SMILES string of the molecule is CCCCCCCCCCCn1cnnc1S. The van der Waals surface area contributed by atoms with E-state index in [0.29, 0.717) is 0 Å². The molecule has 0 spiro atoms. The van der Waals surface area contributed by atoms with E-state index < -0.39 is 0 Å². The first-order chi connectivity index (χ1) is 8.34. The van der Waals surface area contributed by atoms with Gasteiger partial charge < -0.3 is 4.57 Å². The van der Waals surface area contributed by atoms with Crippen LogP contribution in [0.1, 0.15) is 64.7 Å². The molecule has 1 aromatic rings. The van der Waals surface area contributed by atoms with Gasteiger partial charge in [0.15, 0.2) is 5.16 Å². The minimum atomic E-state index is 0.726. The minimum Gasteiger partial charge on any atom is -0.309 e. The molecule has 0 aliphatic rings. The summed E-state index contributed by atoms with van der Waals surface area (Å²) in [5.41, 5.74) is 0. The normalized spacial score (nSPS) is 10.9. The van der Waals surface area contributed by atoms with Crippen molar-refractivity contribution in [1.82, 2.24) is 14.8 Å². The highest BCUT2D eigenvalue weighted by molar-refractivity contribution is 7.80. The van der Waals surface area contributed by atoms with E-state index >= 15 is 0 Å². The predicted octanol–water partition coefficient (Wildman–Crippen LogP) is 4.10. The molecule has 0 radical (unpaired) electrons. The zero-order valence-corrected chi connectivity index (χ0v) is 11.8. The summed E-state index contributed by atoms with van der Waals surface area (Å²) in [4.78, 5) is 0. The molecule has 0 fully saturated rings. The van der Waals surface area contributed by atoms with Crippen molar-refractivity contribution in [3.63, 3.8) is 0 Å². The van der Waals surface area contributed by atoms with Crippen LogP contribution in [0.3, 0.4) is 0 Å². The summed E-state index contributed by atoms with van der Waals surface area (Å²) < 4.78 is 2.00. The second kappa shape index (κ2) is 9.51. The summed E-state index contributed by atoms with van der Waals surface area (Å²) in [6, 6.07) is 0. The standard InChI is InChI=1S/C13H25N3S/c1-2-3-4-5-6-7-8-9-10-11-16-12-14-15-13(16)17/h12H,2-11H2,1H3,(H,15,17). The predicted molar refractivity (Wildman–Crippen MR) is 74.5 cm³/mol. The highest BCUT2D eigenvalue weighted by atomic mass is 32.1. The van der Waals surface area contributed by atoms with Gasteiger partial charge >= 0.3 is 0 Å². The van der Waals surface area contributed by atoms with Gasteiger partial charge in [-0.05, 0) is 6.42 Å². The molecule has 1 aromatic heterocycles. The average molecular weight is 255 g/mol. The number of aromatic nitrogens is 3. The minimum absolute atomic E-state index is 0.726. The monoisotopic (exact) mass is 255 g/mol. The fourth-order valence-corrected chi connectivity index (χ4v) is 2.20. The molecule has 0 amide bonds. The van der Waals surface area contributed by atoms with Crippen molar-refractivity contribution < 1.29 is 0 Å². The van der Waals surface area contributed by atoms with Gasteiger partial charge in [0.05, 0.1) is 0 Å². The second-order valence-corrected chi connectivity index (χ2v) is 5.05. The molecule has 3 nitrogen and oxygen atoms in total. The third kappa shape index (κ3) is 6.71. The van der Waals surface area contributed by atoms with Crippen LogP contribution in [0, 0.1) is 0 Å². The van der Waals surface area contributed by atoms with Crippen molar-refractivity contribution in [2.45, 2.75) is 76.4 Å². The Bertz CT molecular complexity index is 286. The Morgan fingerprint density at radius 3 is 2.12 bits per heavy atom. The van der Waals surface area contributed by atoms with Gasteiger partial charge in [-0.15, -0.1) is 22.8 Å². The van der Waals surface area contributed by atoms with Crippen LogP contribution in [-0.4, -0.2) is 14.8 Å². The Morgan fingerprint density at radius 1 is 1.00 bits per heavy atom. The van der Waals surface area contributed by atoms with Crippen molar-refractivity contribution >= 4 is 12.6 Å². The Balaban J connectivity index is 1.86. The lowest BCUT2D eigenvalue weighted by Gasteiger charge is -2.03. The lowest BCUT2D eigenvalue weighted by molar-refractivity contribution is 0.525. The molecule has 0 aromatic carbocycles. The summed E-state index contributed by atoms with van der Waals surface area (Å²) in [6.45, 7) is 3.27. The first kappa shape index (κ1) is 14.6. The second-order valence-electron chi connectivity index (χ2n) is 4.65. The summed E-state index contributed by atoms with van der Waals surface area (Å²) in [6.07, 6.45) is 14.0. The molecular formula is C13H25N3S. The fraction of sp³-hybridized carbons (Fsp3) is 0.846. The molecule has 1 heterocycles. The van der Waals surface area contributed by atoms with E-state index in [1.807, 2.05) is 4.57 Å². The molecule has 17 heavy (non-hydrogen) atoms. The molecule has 0 bridgehead atoms.